The summed E-state index contributed by atoms with van der Waals surface area (Å²) in [6, 6.07) is 0. The molecule has 2 fully saturated rings. The van der Waals surface area contributed by atoms with Crippen molar-refractivity contribution < 1.29 is 9.53 Å². The maximum Gasteiger partial charge on any atom is 0.222 e. The molecule has 2 aliphatic rings. The fraction of sp³-hybridized carbons (Fsp3) is 0.941. The summed E-state index contributed by atoms with van der Waals surface area (Å²) in [6.07, 6.45) is 5.21. The molecule has 2 aliphatic heterocycles. The summed E-state index contributed by atoms with van der Waals surface area (Å²) in [5, 5.41) is 0. The molecule has 0 bridgehead atoms. The first-order valence-electron chi connectivity index (χ1n) is 8.69. The number of carbonyl (C=O) groups excluding carboxylic acids is 1. The maximum atomic E-state index is 11.8. The van der Waals surface area contributed by atoms with Crippen LogP contribution in [0.1, 0.15) is 52.9 Å². The average Bonchev–Trinajstić information content (AvgIpc) is 2.47. The van der Waals surface area contributed by atoms with Gasteiger partial charge in [-0.05, 0) is 38.1 Å². The van der Waals surface area contributed by atoms with Crippen LogP contribution in [0.25, 0.3) is 0 Å². The Morgan fingerprint density at radius 1 is 1.24 bits per heavy atom. The summed E-state index contributed by atoms with van der Waals surface area (Å²) in [5.74, 6) is 1.08. The molecule has 0 aromatic carbocycles. The summed E-state index contributed by atoms with van der Waals surface area (Å²) in [6.45, 7) is 12.4. The highest BCUT2D eigenvalue weighted by atomic mass is 16.5. The Bertz CT molecular complexity index is 336. The van der Waals surface area contributed by atoms with Crippen LogP contribution < -0.4 is 0 Å². The first-order chi connectivity index (χ1) is 10.0. The van der Waals surface area contributed by atoms with E-state index in [4.69, 9.17) is 4.74 Å². The van der Waals surface area contributed by atoms with E-state index < -0.39 is 0 Å². The predicted molar refractivity (Wildman–Crippen MR) is 85.3 cm³/mol. The van der Waals surface area contributed by atoms with Gasteiger partial charge < -0.3 is 9.64 Å². The molecule has 1 spiro atoms. The number of nitrogens with zero attached hydrogens (tertiary/aromatic N) is 2. The number of hydrogen-bond donors (Lipinski definition) is 0. The zero-order chi connectivity index (χ0) is 15.3. The lowest BCUT2D eigenvalue weighted by Crippen LogP contribution is -2.57. The Hall–Kier alpha value is -0.610. The van der Waals surface area contributed by atoms with Crippen molar-refractivity contribution >= 4 is 5.91 Å². The molecule has 0 unspecified atom stereocenters. The van der Waals surface area contributed by atoms with E-state index in [1.165, 1.54) is 19.4 Å². The van der Waals surface area contributed by atoms with Gasteiger partial charge >= 0.3 is 0 Å². The third kappa shape index (κ3) is 4.68. The number of hydrogen-bond acceptors (Lipinski definition) is 3. The van der Waals surface area contributed by atoms with Crippen LogP contribution in [0.15, 0.2) is 0 Å². The summed E-state index contributed by atoms with van der Waals surface area (Å²) >= 11 is 0. The fourth-order valence-electron chi connectivity index (χ4n) is 3.53. The van der Waals surface area contributed by atoms with Gasteiger partial charge in [-0.3, -0.25) is 9.69 Å². The SMILES string of the molecule is CCC(=O)N1CCC2(CC1)CN(CCCC(C)C)CCO2. The van der Waals surface area contributed by atoms with Gasteiger partial charge in [-0.15, -0.1) is 0 Å². The third-order valence-electron chi connectivity index (χ3n) is 4.91. The Morgan fingerprint density at radius 2 is 1.95 bits per heavy atom. The van der Waals surface area contributed by atoms with Gasteiger partial charge in [-0.25, -0.2) is 0 Å². The minimum atomic E-state index is 0.0145. The van der Waals surface area contributed by atoms with Gasteiger partial charge in [0.1, 0.15) is 0 Å². The molecule has 21 heavy (non-hydrogen) atoms. The van der Waals surface area contributed by atoms with Gasteiger partial charge in [0.05, 0.1) is 12.2 Å². The number of rotatable bonds is 5. The Kier molecular flexibility index (Phi) is 6.06. The molecule has 2 saturated heterocycles. The molecule has 0 aromatic heterocycles. The second-order valence-electron chi connectivity index (χ2n) is 7.08. The van der Waals surface area contributed by atoms with E-state index in [2.05, 4.69) is 18.7 Å². The van der Waals surface area contributed by atoms with E-state index >= 15 is 0 Å². The molecular weight excluding hydrogens is 264 g/mol. The number of piperidine rings is 1. The van der Waals surface area contributed by atoms with Gasteiger partial charge in [0.2, 0.25) is 5.91 Å². The van der Waals surface area contributed by atoms with Crippen LogP contribution in [0.4, 0.5) is 0 Å². The van der Waals surface area contributed by atoms with E-state index in [-0.39, 0.29) is 11.5 Å². The molecule has 0 N–H and O–H groups in total. The van der Waals surface area contributed by atoms with Gasteiger partial charge in [-0.2, -0.15) is 0 Å². The van der Waals surface area contributed by atoms with E-state index in [1.54, 1.807) is 0 Å². The zero-order valence-electron chi connectivity index (χ0n) is 14.1. The van der Waals surface area contributed by atoms with Crippen LogP contribution in [-0.2, 0) is 9.53 Å². The van der Waals surface area contributed by atoms with Gasteiger partial charge in [0, 0.05) is 32.6 Å². The van der Waals surface area contributed by atoms with E-state index in [9.17, 15) is 4.79 Å². The van der Waals surface area contributed by atoms with E-state index in [1.807, 2.05) is 11.8 Å². The maximum absolute atomic E-state index is 11.8. The quantitative estimate of drug-likeness (QED) is 0.781. The van der Waals surface area contributed by atoms with Crippen molar-refractivity contribution in [1.29, 1.82) is 0 Å². The van der Waals surface area contributed by atoms with Gasteiger partial charge in [-0.1, -0.05) is 20.8 Å². The van der Waals surface area contributed by atoms with Gasteiger partial charge in [0.15, 0.2) is 0 Å². The van der Waals surface area contributed by atoms with Crippen LogP contribution in [0.5, 0.6) is 0 Å². The minimum Gasteiger partial charge on any atom is -0.372 e. The first kappa shape index (κ1) is 16.8. The van der Waals surface area contributed by atoms with Crippen molar-refractivity contribution in [1.82, 2.24) is 9.80 Å². The number of likely N-dealkylation sites (tertiary alicyclic amines) is 1. The van der Waals surface area contributed by atoms with Crippen molar-refractivity contribution in [2.45, 2.75) is 58.5 Å². The fourth-order valence-corrected chi connectivity index (χ4v) is 3.53. The molecule has 0 radical (unpaired) electrons. The van der Waals surface area contributed by atoms with E-state index in [0.717, 1.165) is 51.5 Å². The molecule has 2 heterocycles. The molecule has 4 nitrogen and oxygen atoms in total. The smallest absolute Gasteiger partial charge is 0.222 e. The van der Waals surface area contributed by atoms with Crippen LogP contribution in [0.3, 0.4) is 0 Å². The minimum absolute atomic E-state index is 0.0145. The van der Waals surface area contributed by atoms with Crippen molar-refractivity contribution in [2.75, 3.05) is 39.3 Å². The normalized spacial score (nSPS) is 23.0. The molecule has 4 heteroatoms. The zero-order valence-corrected chi connectivity index (χ0v) is 14.1. The van der Waals surface area contributed by atoms with Crippen LogP contribution in [0.2, 0.25) is 0 Å². The summed E-state index contributed by atoms with van der Waals surface area (Å²) < 4.78 is 6.15. The van der Waals surface area contributed by atoms with Crippen molar-refractivity contribution in [3.8, 4) is 0 Å². The van der Waals surface area contributed by atoms with E-state index in [0.29, 0.717) is 6.42 Å². The van der Waals surface area contributed by atoms with Crippen LogP contribution in [-0.4, -0.2) is 60.6 Å². The highest BCUT2D eigenvalue weighted by Gasteiger charge is 2.40. The molecule has 0 atom stereocenters. The standard InChI is InChI=1S/C17H32N2O2/c1-4-16(20)19-10-7-17(8-11-19)14-18(12-13-21-17)9-5-6-15(2)3/h15H,4-14H2,1-3H3. The second-order valence-corrected chi connectivity index (χ2v) is 7.08. The topological polar surface area (TPSA) is 32.8 Å². The monoisotopic (exact) mass is 296 g/mol. The third-order valence-corrected chi connectivity index (χ3v) is 4.91. The number of morpholine rings is 1. The highest BCUT2D eigenvalue weighted by Crippen LogP contribution is 2.30. The molecular formula is C17H32N2O2. The van der Waals surface area contributed by atoms with Crippen molar-refractivity contribution in [2.24, 2.45) is 5.92 Å². The van der Waals surface area contributed by atoms with Crippen molar-refractivity contribution in [3.63, 3.8) is 0 Å². The lowest BCUT2D eigenvalue weighted by molar-refractivity contribution is -0.150. The lowest BCUT2D eigenvalue weighted by Gasteiger charge is -2.47. The van der Waals surface area contributed by atoms with Gasteiger partial charge in [0.25, 0.3) is 0 Å². The summed E-state index contributed by atoms with van der Waals surface area (Å²) in [5.41, 5.74) is 0.0145. The predicted octanol–water partition coefficient (Wildman–Crippen LogP) is 2.53. The summed E-state index contributed by atoms with van der Waals surface area (Å²) in [4.78, 5) is 16.4. The average molecular weight is 296 g/mol. The summed E-state index contributed by atoms with van der Waals surface area (Å²) in [7, 11) is 0. The molecule has 1 amide bonds. The highest BCUT2D eigenvalue weighted by molar-refractivity contribution is 5.75. The molecule has 2 rings (SSSR count). The van der Waals surface area contributed by atoms with Crippen molar-refractivity contribution in [3.05, 3.63) is 0 Å². The molecule has 122 valence electrons. The Morgan fingerprint density at radius 3 is 2.57 bits per heavy atom. The Labute approximate surface area is 129 Å². The molecule has 0 aliphatic carbocycles. The number of amides is 1. The lowest BCUT2D eigenvalue weighted by atomic mass is 9.89. The van der Waals surface area contributed by atoms with Crippen LogP contribution >= 0.6 is 0 Å². The molecule has 0 aromatic rings. The second kappa shape index (κ2) is 7.59. The number of ether oxygens (including phenoxy) is 1. The Balaban J connectivity index is 1.79. The van der Waals surface area contributed by atoms with Crippen LogP contribution in [0, 0.1) is 5.92 Å². The molecule has 0 saturated carbocycles. The first-order valence-corrected chi connectivity index (χ1v) is 8.69. The largest absolute Gasteiger partial charge is 0.372 e. The number of carbonyl (C=O) groups is 1.